The molecule has 1 saturated heterocycles. The molecular formula is C34H40F2N6O5S. The molecule has 14 heteroatoms. The van der Waals surface area contributed by atoms with Crippen LogP contribution in [-0.4, -0.2) is 67.1 Å². The number of hydrogen-bond donors (Lipinski definition) is 3. The van der Waals surface area contributed by atoms with Crippen molar-refractivity contribution >= 4 is 27.6 Å². The largest absolute Gasteiger partial charge is 0.439 e. The van der Waals surface area contributed by atoms with Gasteiger partial charge in [-0.15, -0.1) is 5.92 Å². The fourth-order valence-electron chi connectivity index (χ4n) is 5.37. The molecule has 0 spiro atoms. The van der Waals surface area contributed by atoms with Gasteiger partial charge in [-0.3, -0.25) is 9.69 Å². The Labute approximate surface area is 279 Å². The van der Waals surface area contributed by atoms with Gasteiger partial charge in [0.05, 0.1) is 29.7 Å². The van der Waals surface area contributed by atoms with E-state index in [4.69, 9.17) is 15.5 Å². The number of anilines is 1. The number of halogens is 2. The molecular weight excluding hydrogens is 642 g/mol. The highest BCUT2D eigenvalue weighted by atomic mass is 32.2. The Kier molecular flexibility index (Phi) is 12.1. The minimum absolute atomic E-state index is 0.113. The van der Waals surface area contributed by atoms with Crippen LogP contribution < -0.4 is 20.5 Å². The Morgan fingerprint density at radius 3 is 2.40 bits per heavy atom. The second kappa shape index (κ2) is 16.0. The van der Waals surface area contributed by atoms with E-state index in [-0.39, 0.29) is 30.7 Å². The molecule has 2 aromatic carbocycles. The molecule has 3 aromatic rings. The number of pyridine rings is 1. The third-order valence-corrected chi connectivity index (χ3v) is 8.53. The van der Waals surface area contributed by atoms with Crippen LogP contribution in [0.5, 0.6) is 11.6 Å². The number of likely N-dealkylation sites (tertiary alicyclic amines) is 1. The Hall–Kier alpha value is -4.58. The van der Waals surface area contributed by atoms with E-state index in [2.05, 4.69) is 40.6 Å². The SMILES string of the molecule is CC#CCN(C(=O)Nc1cc(C(N)=O)c(F)cc1F)C1CCN(Cc2ccc(Oc3ccc(CNS(C)(=O)=O)cc3)nc2C(C)C)CC1. The number of nitrogens with zero attached hydrogens (tertiary/aromatic N) is 3. The number of nitrogens with two attached hydrogens (primary N) is 1. The van der Waals surface area contributed by atoms with Gasteiger partial charge in [0.2, 0.25) is 15.9 Å². The number of hydrogen-bond acceptors (Lipinski definition) is 7. The molecule has 1 aromatic heterocycles. The van der Waals surface area contributed by atoms with Crippen molar-refractivity contribution in [3.8, 4) is 23.5 Å². The van der Waals surface area contributed by atoms with Gasteiger partial charge in [0.15, 0.2) is 0 Å². The van der Waals surface area contributed by atoms with Crippen molar-refractivity contribution in [1.29, 1.82) is 0 Å². The van der Waals surface area contributed by atoms with Gasteiger partial charge in [-0.1, -0.05) is 38.0 Å². The van der Waals surface area contributed by atoms with Gasteiger partial charge in [0.25, 0.3) is 5.91 Å². The van der Waals surface area contributed by atoms with Gasteiger partial charge < -0.3 is 20.7 Å². The summed E-state index contributed by atoms with van der Waals surface area (Å²) in [4.78, 5) is 33.4. The lowest BCUT2D eigenvalue weighted by molar-refractivity contribution is 0.0996. The number of nitrogens with one attached hydrogen (secondary N) is 2. The van der Waals surface area contributed by atoms with Crippen molar-refractivity contribution < 1.29 is 31.5 Å². The van der Waals surface area contributed by atoms with E-state index in [0.717, 1.165) is 29.1 Å². The summed E-state index contributed by atoms with van der Waals surface area (Å²) in [7, 11) is -3.29. The first-order valence-electron chi connectivity index (χ1n) is 15.4. The predicted octanol–water partition coefficient (Wildman–Crippen LogP) is 4.95. The van der Waals surface area contributed by atoms with Crippen LogP contribution in [0.2, 0.25) is 0 Å². The zero-order valence-corrected chi connectivity index (χ0v) is 28.2. The average molecular weight is 683 g/mol. The van der Waals surface area contributed by atoms with Crippen LogP contribution in [0.15, 0.2) is 48.5 Å². The Morgan fingerprint density at radius 2 is 1.79 bits per heavy atom. The van der Waals surface area contributed by atoms with Gasteiger partial charge in [0, 0.05) is 44.4 Å². The lowest BCUT2D eigenvalue weighted by atomic mass is 10.00. The van der Waals surface area contributed by atoms with Crippen LogP contribution in [-0.2, 0) is 23.1 Å². The number of carbonyl (C=O) groups is 2. The molecule has 0 atom stereocenters. The fourth-order valence-corrected chi connectivity index (χ4v) is 5.80. The molecule has 2 heterocycles. The normalized spacial score (nSPS) is 13.9. The average Bonchev–Trinajstić information content (AvgIpc) is 3.03. The number of primary amides is 1. The standard InChI is InChI=1S/C34H40F2N6O5S/c1-5-6-15-42(34(44)39-30-18-27(33(37)43)28(35)19-29(30)36)25-13-16-41(17-14-25)21-24-9-12-31(40-32(24)22(2)3)47-26-10-7-23(8-11-26)20-38-48(4,45)46/h7-12,18-19,22,25,38H,13-17,20-21H2,1-4H3,(H2,37,43)(H,39,44). The highest BCUT2D eigenvalue weighted by molar-refractivity contribution is 7.88. The summed E-state index contributed by atoms with van der Waals surface area (Å²) in [5.41, 5.74) is 7.08. The molecule has 256 valence electrons. The summed E-state index contributed by atoms with van der Waals surface area (Å²) >= 11 is 0. The highest BCUT2D eigenvalue weighted by Gasteiger charge is 2.29. The molecule has 1 fully saturated rings. The number of rotatable bonds is 12. The quantitative estimate of drug-likeness (QED) is 0.229. The van der Waals surface area contributed by atoms with Crippen molar-refractivity contribution in [2.24, 2.45) is 5.73 Å². The van der Waals surface area contributed by atoms with Crippen molar-refractivity contribution in [3.05, 3.63) is 82.5 Å². The Morgan fingerprint density at radius 1 is 1.10 bits per heavy atom. The second-order valence-corrected chi connectivity index (χ2v) is 13.7. The molecule has 3 amide bonds. The summed E-state index contributed by atoms with van der Waals surface area (Å²) in [5, 5.41) is 2.46. The van der Waals surface area contributed by atoms with Crippen LogP contribution >= 0.6 is 0 Å². The van der Waals surface area contributed by atoms with Gasteiger partial charge in [-0.05, 0) is 55.0 Å². The van der Waals surface area contributed by atoms with Crippen molar-refractivity contribution in [1.82, 2.24) is 19.5 Å². The van der Waals surface area contributed by atoms with E-state index in [0.29, 0.717) is 50.2 Å². The molecule has 48 heavy (non-hydrogen) atoms. The molecule has 11 nitrogen and oxygen atoms in total. The first-order valence-corrected chi connectivity index (χ1v) is 17.3. The number of amides is 3. The molecule has 0 radical (unpaired) electrons. The molecule has 4 N–H and O–H groups in total. The van der Waals surface area contributed by atoms with E-state index < -0.39 is 39.2 Å². The van der Waals surface area contributed by atoms with E-state index >= 15 is 0 Å². The summed E-state index contributed by atoms with van der Waals surface area (Å²) in [6.07, 6.45) is 2.39. The number of ether oxygens (including phenoxy) is 1. The van der Waals surface area contributed by atoms with Gasteiger partial charge in [-0.2, -0.15) is 0 Å². The lowest BCUT2D eigenvalue weighted by Gasteiger charge is -2.38. The van der Waals surface area contributed by atoms with E-state index in [1.807, 2.05) is 12.1 Å². The Bertz CT molecular complexity index is 1800. The predicted molar refractivity (Wildman–Crippen MR) is 179 cm³/mol. The smallest absolute Gasteiger partial charge is 0.322 e. The molecule has 1 aliphatic heterocycles. The maximum Gasteiger partial charge on any atom is 0.322 e. The maximum absolute atomic E-state index is 14.5. The minimum Gasteiger partial charge on any atom is -0.439 e. The van der Waals surface area contributed by atoms with Gasteiger partial charge in [-0.25, -0.2) is 31.7 Å². The van der Waals surface area contributed by atoms with Crippen LogP contribution in [0.4, 0.5) is 19.3 Å². The minimum atomic E-state index is -3.29. The number of piperidine rings is 1. The van der Waals surface area contributed by atoms with E-state index in [1.165, 1.54) is 4.90 Å². The summed E-state index contributed by atoms with van der Waals surface area (Å²) < 4.78 is 59.6. The zero-order chi connectivity index (χ0) is 35.0. The third-order valence-electron chi connectivity index (χ3n) is 7.86. The number of aromatic nitrogens is 1. The van der Waals surface area contributed by atoms with E-state index in [9.17, 15) is 26.8 Å². The molecule has 0 bridgehead atoms. The fraction of sp³-hybridized carbons (Fsp3) is 0.382. The first-order chi connectivity index (χ1) is 22.7. The summed E-state index contributed by atoms with van der Waals surface area (Å²) in [6, 6.07) is 11.5. The topological polar surface area (TPSA) is 147 Å². The monoisotopic (exact) mass is 682 g/mol. The van der Waals surface area contributed by atoms with Crippen LogP contribution in [0, 0.1) is 23.5 Å². The maximum atomic E-state index is 14.5. The van der Waals surface area contributed by atoms with Crippen LogP contribution in [0.3, 0.4) is 0 Å². The van der Waals surface area contributed by atoms with Crippen molar-refractivity contribution in [2.45, 2.75) is 58.7 Å². The molecule has 0 aliphatic carbocycles. The third kappa shape index (κ3) is 9.96. The van der Waals surface area contributed by atoms with Crippen molar-refractivity contribution in [3.63, 3.8) is 0 Å². The van der Waals surface area contributed by atoms with Gasteiger partial charge in [0.1, 0.15) is 17.4 Å². The molecule has 0 saturated carbocycles. The number of carbonyl (C=O) groups excluding carboxylic acids is 2. The zero-order valence-electron chi connectivity index (χ0n) is 27.3. The second-order valence-electron chi connectivity index (χ2n) is 11.9. The number of benzene rings is 2. The molecule has 1 aliphatic rings. The highest BCUT2D eigenvalue weighted by Crippen LogP contribution is 2.28. The number of sulfonamides is 1. The number of urea groups is 1. The van der Waals surface area contributed by atoms with Gasteiger partial charge >= 0.3 is 6.03 Å². The van der Waals surface area contributed by atoms with E-state index in [1.54, 1.807) is 31.2 Å². The first kappa shape index (κ1) is 36.3. The Balaban J connectivity index is 1.39. The van der Waals surface area contributed by atoms with Crippen LogP contribution in [0.25, 0.3) is 0 Å². The molecule has 4 rings (SSSR count). The summed E-state index contributed by atoms with van der Waals surface area (Å²) in [5.74, 6) is 3.63. The molecule has 0 unspecified atom stereocenters. The van der Waals surface area contributed by atoms with Crippen LogP contribution in [0.1, 0.15) is 66.7 Å². The summed E-state index contributed by atoms with van der Waals surface area (Å²) in [6.45, 7) is 8.09. The van der Waals surface area contributed by atoms with Crippen molar-refractivity contribution in [2.75, 3.05) is 31.2 Å². The lowest BCUT2D eigenvalue weighted by Crippen LogP contribution is -2.49.